The Morgan fingerprint density at radius 2 is 2.05 bits per heavy atom. The van der Waals surface area contributed by atoms with Crippen molar-refractivity contribution in [1.29, 1.82) is 0 Å². The molecule has 1 aromatic carbocycles. The summed E-state index contributed by atoms with van der Waals surface area (Å²) in [7, 11) is 0. The molecule has 2 rings (SSSR count). The number of hydrogen-bond donors (Lipinski definition) is 1. The topological polar surface area (TPSA) is 76.1 Å². The van der Waals surface area contributed by atoms with E-state index in [0.717, 1.165) is 0 Å². The number of phenols is 1. The maximum atomic E-state index is 12.4. The van der Waals surface area contributed by atoms with Crippen LogP contribution in [0.15, 0.2) is 12.1 Å². The van der Waals surface area contributed by atoms with Gasteiger partial charge in [0.25, 0.3) is 0 Å². The van der Waals surface area contributed by atoms with Crippen molar-refractivity contribution in [3.8, 4) is 11.5 Å². The summed E-state index contributed by atoms with van der Waals surface area (Å²) in [6.07, 6.45) is -1.43. The minimum Gasteiger partial charge on any atom is -0.506 e. The molecular weight excluding hydrogens is 310 g/mol. The van der Waals surface area contributed by atoms with Crippen molar-refractivity contribution < 1.29 is 24.2 Å². The van der Waals surface area contributed by atoms with E-state index >= 15 is 0 Å². The molecule has 1 unspecified atom stereocenters. The zero-order valence-corrected chi connectivity index (χ0v) is 13.6. The first-order chi connectivity index (χ1) is 10.1. The Balaban J connectivity index is 2.43. The first kappa shape index (κ1) is 16.4. The molecule has 1 heterocycles. The van der Waals surface area contributed by atoms with Crippen LogP contribution >= 0.6 is 11.6 Å². The molecule has 1 atom stereocenters. The van der Waals surface area contributed by atoms with Crippen LogP contribution in [0.5, 0.6) is 11.5 Å². The van der Waals surface area contributed by atoms with E-state index < -0.39 is 17.8 Å². The van der Waals surface area contributed by atoms with Crippen LogP contribution in [0, 0.1) is 0 Å². The number of anilines is 1. The average molecular weight is 328 g/mol. The fourth-order valence-electron chi connectivity index (χ4n) is 1.99. The van der Waals surface area contributed by atoms with Crippen LogP contribution in [0.4, 0.5) is 10.5 Å². The number of rotatable bonds is 1. The van der Waals surface area contributed by atoms with Gasteiger partial charge in [-0.25, -0.2) is 4.79 Å². The quantitative estimate of drug-likeness (QED) is 0.857. The number of hydrogen-bond acceptors (Lipinski definition) is 5. The lowest BCUT2D eigenvalue weighted by atomic mass is 10.1. The number of halogens is 1. The van der Waals surface area contributed by atoms with Gasteiger partial charge in [0, 0.05) is 6.07 Å². The van der Waals surface area contributed by atoms with E-state index in [1.807, 2.05) is 0 Å². The van der Waals surface area contributed by atoms with Gasteiger partial charge in [-0.05, 0) is 33.8 Å². The highest BCUT2D eigenvalue weighted by molar-refractivity contribution is 6.32. The van der Waals surface area contributed by atoms with Crippen molar-refractivity contribution in [2.45, 2.75) is 39.4 Å². The largest absolute Gasteiger partial charge is 0.506 e. The Labute approximate surface area is 133 Å². The number of benzene rings is 1. The first-order valence-electron chi connectivity index (χ1n) is 6.78. The van der Waals surface area contributed by atoms with Gasteiger partial charge in [-0.3, -0.25) is 9.69 Å². The van der Waals surface area contributed by atoms with Crippen LogP contribution < -0.4 is 9.64 Å². The lowest BCUT2D eigenvalue weighted by Gasteiger charge is -2.35. The van der Waals surface area contributed by atoms with E-state index in [0.29, 0.717) is 5.69 Å². The summed E-state index contributed by atoms with van der Waals surface area (Å²) in [6, 6.07) is 2.69. The number of amides is 1. The van der Waals surface area contributed by atoms with Gasteiger partial charge >= 0.3 is 6.09 Å². The predicted molar refractivity (Wildman–Crippen MR) is 81.8 cm³/mol. The van der Waals surface area contributed by atoms with Crippen LogP contribution in [-0.2, 0) is 9.53 Å². The van der Waals surface area contributed by atoms with E-state index in [1.165, 1.54) is 24.0 Å². The van der Waals surface area contributed by atoms with Gasteiger partial charge in [0.05, 0.1) is 17.3 Å². The standard InChI is InChI=1S/C15H18ClNO5/c1-8(18)13-7-17(14(20)22-15(2,3)4)10-5-9(16)11(19)6-12(10)21-13/h5-6,13,19H,7H2,1-4H3. The second-order valence-corrected chi connectivity index (χ2v) is 6.49. The van der Waals surface area contributed by atoms with Crippen LogP contribution in [0.2, 0.25) is 5.02 Å². The highest BCUT2D eigenvalue weighted by atomic mass is 35.5. The molecular formula is C15H18ClNO5. The molecule has 22 heavy (non-hydrogen) atoms. The maximum Gasteiger partial charge on any atom is 0.415 e. The first-order valence-corrected chi connectivity index (χ1v) is 7.16. The normalized spacial score (nSPS) is 17.5. The number of aromatic hydroxyl groups is 1. The molecule has 1 aliphatic heterocycles. The number of phenolic OH excluding ortho intramolecular Hbond substituents is 1. The molecule has 0 spiro atoms. The van der Waals surface area contributed by atoms with Crippen molar-refractivity contribution in [3.05, 3.63) is 17.2 Å². The summed E-state index contributed by atoms with van der Waals surface area (Å²) >= 11 is 5.90. The van der Waals surface area contributed by atoms with Crippen molar-refractivity contribution in [3.63, 3.8) is 0 Å². The van der Waals surface area contributed by atoms with Crippen molar-refractivity contribution in [1.82, 2.24) is 0 Å². The Hall–Kier alpha value is -1.95. The molecule has 1 N–H and O–H groups in total. The molecule has 1 aromatic rings. The van der Waals surface area contributed by atoms with Crippen LogP contribution in [-0.4, -0.2) is 35.2 Å². The fourth-order valence-corrected chi connectivity index (χ4v) is 2.15. The summed E-state index contributed by atoms with van der Waals surface area (Å²) in [6.45, 7) is 6.65. The number of carbonyl (C=O) groups excluding carboxylic acids is 2. The van der Waals surface area contributed by atoms with E-state index in [9.17, 15) is 14.7 Å². The minimum atomic E-state index is -0.819. The van der Waals surface area contributed by atoms with E-state index in [1.54, 1.807) is 20.8 Å². The van der Waals surface area contributed by atoms with Crippen LogP contribution in [0.3, 0.4) is 0 Å². The summed E-state index contributed by atoms with van der Waals surface area (Å²) in [5, 5.41) is 9.76. The van der Waals surface area contributed by atoms with Gasteiger partial charge in [0.2, 0.25) is 0 Å². The minimum absolute atomic E-state index is 0.0261. The van der Waals surface area contributed by atoms with Gasteiger partial charge < -0.3 is 14.6 Å². The molecule has 0 aliphatic carbocycles. The highest BCUT2D eigenvalue weighted by Gasteiger charge is 2.35. The second kappa shape index (κ2) is 5.68. The Bertz CT molecular complexity index is 623. The van der Waals surface area contributed by atoms with E-state index in [2.05, 4.69) is 0 Å². The Morgan fingerprint density at radius 1 is 1.41 bits per heavy atom. The smallest absolute Gasteiger partial charge is 0.415 e. The summed E-state index contributed by atoms with van der Waals surface area (Å²) < 4.78 is 10.9. The summed E-state index contributed by atoms with van der Waals surface area (Å²) in [5.74, 6) is -0.207. The van der Waals surface area contributed by atoms with E-state index in [4.69, 9.17) is 21.1 Å². The summed E-state index contributed by atoms with van der Waals surface area (Å²) in [4.78, 5) is 25.3. The summed E-state index contributed by atoms with van der Waals surface area (Å²) in [5.41, 5.74) is -0.323. The third-order valence-electron chi connectivity index (χ3n) is 3.00. The van der Waals surface area contributed by atoms with Crippen LogP contribution in [0.25, 0.3) is 0 Å². The third-order valence-corrected chi connectivity index (χ3v) is 3.31. The molecule has 0 bridgehead atoms. The molecule has 120 valence electrons. The Kier molecular flexibility index (Phi) is 4.24. The molecule has 7 heteroatoms. The SMILES string of the molecule is CC(=O)C1CN(C(=O)OC(C)(C)C)c2cc(Cl)c(O)cc2O1. The number of fused-ring (bicyclic) bond motifs is 1. The number of ketones is 1. The van der Waals surface area contributed by atoms with Crippen molar-refractivity contribution in [2.24, 2.45) is 0 Å². The van der Waals surface area contributed by atoms with Crippen molar-refractivity contribution >= 4 is 29.2 Å². The highest BCUT2D eigenvalue weighted by Crippen LogP contribution is 2.41. The van der Waals surface area contributed by atoms with Gasteiger partial charge in [0.15, 0.2) is 11.9 Å². The zero-order valence-electron chi connectivity index (χ0n) is 12.8. The molecule has 6 nitrogen and oxygen atoms in total. The molecule has 0 saturated heterocycles. The van der Waals surface area contributed by atoms with Gasteiger partial charge in [-0.1, -0.05) is 11.6 Å². The lowest BCUT2D eigenvalue weighted by Crippen LogP contribution is -2.48. The van der Waals surface area contributed by atoms with Gasteiger partial charge in [-0.15, -0.1) is 0 Å². The average Bonchev–Trinajstić information content (AvgIpc) is 2.36. The lowest BCUT2D eigenvalue weighted by molar-refractivity contribution is -0.123. The number of ether oxygens (including phenoxy) is 2. The van der Waals surface area contributed by atoms with Gasteiger partial charge in [0.1, 0.15) is 17.1 Å². The Morgan fingerprint density at radius 3 is 2.59 bits per heavy atom. The number of carbonyl (C=O) groups is 2. The second-order valence-electron chi connectivity index (χ2n) is 6.08. The maximum absolute atomic E-state index is 12.4. The third kappa shape index (κ3) is 3.44. The molecule has 1 amide bonds. The molecule has 0 saturated carbocycles. The zero-order chi connectivity index (χ0) is 16.7. The van der Waals surface area contributed by atoms with E-state index in [-0.39, 0.29) is 28.8 Å². The molecule has 0 fully saturated rings. The number of Topliss-reactive ketones (excluding diaryl/α,β-unsaturated/α-hetero) is 1. The molecule has 0 radical (unpaired) electrons. The van der Waals surface area contributed by atoms with Gasteiger partial charge in [-0.2, -0.15) is 0 Å². The molecule has 1 aliphatic rings. The fraction of sp³-hybridized carbons (Fsp3) is 0.467. The monoisotopic (exact) mass is 327 g/mol. The molecule has 0 aromatic heterocycles. The number of nitrogens with zero attached hydrogens (tertiary/aromatic N) is 1. The predicted octanol–water partition coefficient (Wildman–Crippen LogP) is 3.14. The van der Waals surface area contributed by atoms with Crippen molar-refractivity contribution in [2.75, 3.05) is 11.4 Å². The van der Waals surface area contributed by atoms with Crippen LogP contribution in [0.1, 0.15) is 27.7 Å².